The Bertz CT molecular complexity index is 530. The number of hydrogen-bond donors (Lipinski definition) is 3. The monoisotopic (exact) mass is 297 g/mol. The zero-order chi connectivity index (χ0) is 16.0. The Kier molecular flexibility index (Phi) is 5.54. The summed E-state index contributed by atoms with van der Waals surface area (Å²) in [4.78, 5) is 22.6. The van der Waals surface area contributed by atoms with Crippen molar-refractivity contribution >= 4 is 11.9 Å². The Morgan fingerprint density at radius 1 is 1.24 bits per heavy atom. The SMILES string of the molecule is COc1ccc(CC(CO)(NC(C)=O)C(=O)O)cc1OC. The van der Waals surface area contributed by atoms with E-state index in [0.717, 1.165) is 0 Å². The van der Waals surface area contributed by atoms with Crippen molar-refractivity contribution in [1.82, 2.24) is 5.32 Å². The molecule has 1 atom stereocenters. The van der Waals surface area contributed by atoms with Gasteiger partial charge in [-0.1, -0.05) is 6.07 Å². The van der Waals surface area contributed by atoms with Gasteiger partial charge >= 0.3 is 5.97 Å². The predicted molar refractivity (Wildman–Crippen MR) is 74.5 cm³/mol. The third-order valence-corrected chi connectivity index (χ3v) is 3.05. The zero-order valence-electron chi connectivity index (χ0n) is 12.2. The van der Waals surface area contributed by atoms with E-state index in [2.05, 4.69) is 5.32 Å². The van der Waals surface area contributed by atoms with Crippen molar-refractivity contribution in [3.63, 3.8) is 0 Å². The lowest BCUT2D eigenvalue weighted by atomic mass is 9.91. The van der Waals surface area contributed by atoms with Gasteiger partial charge in [-0.3, -0.25) is 4.79 Å². The average Bonchev–Trinajstić information content (AvgIpc) is 2.45. The standard InChI is InChI=1S/C14H19NO6/c1-9(17)15-14(8-16,13(18)19)7-10-4-5-11(20-2)12(6-10)21-3/h4-6,16H,7-8H2,1-3H3,(H,15,17)(H,18,19). The lowest BCUT2D eigenvalue weighted by molar-refractivity contribution is -0.149. The highest BCUT2D eigenvalue weighted by Crippen LogP contribution is 2.29. The molecule has 0 bridgehead atoms. The molecular weight excluding hydrogens is 278 g/mol. The van der Waals surface area contributed by atoms with E-state index in [9.17, 15) is 19.8 Å². The first-order valence-corrected chi connectivity index (χ1v) is 6.22. The Hall–Kier alpha value is -2.28. The van der Waals surface area contributed by atoms with Crippen LogP contribution in [0, 0.1) is 0 Å². The predicted octanol–water partition coefficient (Wildman–Crippen LogP) is 0.198. The second-order valence-corrected chi connectivity index (χ2v) is 4.59. The van der Waals surface area contributed by atoms with Crippen LogP contribution in [0.5, 0.6) is 11.5 Å². The van der Waals surface area contributed by atoms with E-state index in [4.69, 9.17) is 9.47 Å². The molecule has 0 heterocycles. The molecule has 0 saturated carbocycles. The summed E-state index contributed by atoms with van der Waals surface area (Å²) in [6.45, 7) is 0.470. The molecule has 0 fully saturated rings. The van der Waals surface area contributed by atoms with E-state index in [1.165, 1.54) is 21.1 Å². The van der Waals surface area contributed by atoms with Crippen LogP contribution in [-0.4, -0.2) is 48.5 Å². The number of carboxylic acid groups (broad SMARTS) is 1. The first kappa shape index (κ1) is 16.8. The third-order valence-electron chi connectivity index (χ3n) is 3.05. The zero-order valence-corrected chi connectivity index (χ0v) is 12.2. The number of rotatable bonds is 7. The summed E-state index contributed by atoms with van der Waals surface area (Å²) >= 11 is 0. The summed E-state index contributed by atoms with van der Waals surface area (Å²) < 4.78 is 10.2. The first-order chi connectivity index (χ1) is 9.88. The van der Waals surface area contributed by atoms with Gasteiger partial charge in [0, 0.05) is 13.3 Å². The molecule has 1 aromatic rings. The van der Waals surface area contributed by atoms with E-state index in [1.54, 1.807) is 18.2 Å². The fraction of sp³-hybridized carbons (Fsp3) is 0.429. The Morgan fingerprint density at radius 3 is 2.29 bits per heavy atom. The molecule has 7 heteroatoms. The highest BCUT2D eigenvalue weighted by Gasteiger charge is 2.39. The Labute approximate surface area is 122 Å². The number of ether oxygens (including phenoxy) is 2. The van der Waals surface area contributed by atoms with Gasteiger partial charge in [0.2, 0.25) is 5.91 Å². The largest absolute Gasteiger partial charge is 0.493 e. The number of carbonyl (C=O) groups excluding carboxylic acids is 1. The van der Waals surface area contributed by atoms with Crippen LogP contribution in [0.3, 0.4) is 0 Å². The summed E-state index contributed by atoms with van der Waals surface area (Å²) in [5.74, 6) is -0.900. The number of nitrogens with one attached hydrogen (secondary N) is 1. The van der Waals surface area contributed by atoms with Gasteiger partial charge < -0.3 is 25.0 Å². The maximum Gasteiger partial charge on any atom is 0.332 e. The molecule has 1 aromatic carbocycles. The maximum atomic E-state index is 11.4. The Balaban J connectivity index is 3.14. The number of benzene rings is 1. The van der Waals surface area contributed by atoms with Crippen LogP contribution in [0.15, 0.2) is 18.2 Å². The van der Waals surface area contributed by atoms with Crippen LogP contribution in [0.1, 0.15) is 12.5 Å². The second kappa shape index (κ2) is 6.94. The minimum Gasteiger partial charge on any atom is -0.493 e. The molecule has 1 amide bonds. The lowest BCUT2D eigenvalue weighted by Crippen LogP contribution is -2.58. The van der Waals surface area contributed by atoms with Crippen molar-refractivity contribution in [3.8, 4) is 11.5 Å². The van der Waals surface area contributed by atoms with Crippen molar-refractivity contribution in [1.29, 1.82) is 0 Å². The second-order valence-electron chi connectivity index (χ2n) is 4.59. The molecule has 0 saturated heterocycles. The van der Waals surface area contributed by atoms with E-state index < -0.39 is 24.0 Å². The van der Waals surface area contributed by atoms with Gasteiger partial charge in [0.25, 0.3) is 0 Å². The summed E-state index contributed by atoms with van der Waals surface area (Å²) in [7, 11) is 2.95. The quantitative estimate of drug-likeness (QED) is 0.664. The number of aliphatic hydroxyl groups excluding tert-OH is 1. The number of carbonyl (C=O) groups is 2. The van der Waals surface area contributed by atoms with Gasteiger partial charge in [-0.05, 0) is 17.7 Å². The van der Waals surface area contributed by atoms with Gasteiger partial charge in [-0.25, -0.2) is 4.79 Å². The van der Waals surface area contributed by atoms with Gasteiger partial charge in [0.05, 0.1) is 20.8 Å². The van der Waals surface area contributed by atoms with Crippen molar-refractivity contribution in [2.24, 2.45) is 0 Å². The first-order valence-electron chi connectivity index (χ1n) is 6.22. The summed E-state index contributed by atoms with van der Waals surface area (Å²) in [5.41, 5.74) is -1.19. The number of carboxylic acids is 1. The van der Waals surface area contributed by atoms with Crippen LogP contribution < -0.4 is 14.8 Å². The van der Waals surface area contributed by atoms with Crippen molar-refractivity contribution in [2.75, 3.05) is 20.8 Å². The van der Waals surface area contributed by atoms with Gasteiger partial charge in [0.15, 0.2) is 17.0 Å². The summed E-state index contributed by atoms with van der Waals surface area (Å²) in [5, 5.41) is 21.1. The lowest BCUT2D eigenvalue weighted by Gasteiger charge is -2.28. The highest BCUT2D eigenvalue weighted by molar-refractivity contribution is 5.86. The minimum atomic E-state index is -1.77. The van der Waals surface area contributed by atoms with Gasteiger partial charge in [-0.2, -0.15) is 0 Å². The molecule has 0 radical (unpaired) electrons. The van der Waals surface area contributed by atoms with Crippen LogP contribution in [0.2, 0.25) is 0 Å². The van der Waals surface area contributed by atoms with E-state index in [1.807, 2.05) is 0 Å². The highest BCUT2D eigenvalue weighted by atomic mass is 16.5. The number of amides is 1. The van der Waals surface area contributed by atoms with Crippen LogP contribution in [0.25, 0.3) is 0 Å². The number of aliphatic hydroxyl groups is 1. The molecule has 116 valence electrons. The Morgan fingerprint density at radius 2 is 1.86 bits per heavy atom. The molecule has 0 aromatic heterocycles. The number of aliphatic carboxylic acids is 1. The number of methoxy groups -OCH3 is 2. The van der Waals surface area contributed by atoms with E-state index in [0.29, 0.717) is 17.1 Å². The molecule has 7 nitrogen and oxygen atoms in total. The van der Waals surface area contributed by atoms with Crippen molar-refractivity contribution in [3.05, 3.63) is 23.8 Å². The minimum absolute atomic E-state index is 0.0846. The molecule has 0 spiro atoms. The molecule has 3 N–H and O–H groups in total. The summed E-state index contributed by atoms with van der Waals surface area (Å²) in [6.07, 6.45) is -0.0846. The van der Waals surface area contributed by atoms with Crippen molar-refractivity contribution in [2.45, 2.75) is 18.9 Å². The fourth-order valence-electron chi connectivity index (χ4n) is 2.01. The van der Waals surface area contributed by atoms with Crippen LogP contribution in [-0.2, 0) is 16.0 Å². The molecule has 1 unspecified atom stereocenters. The van der Waals surface area contributed by atoms with E-state index in [-0.39, 0.29) is 6.42 Å². The number of hydrogen-bond acceptors (Lipinski definition) is 5. The molecular formula is C14H19NO6. The van der Waals surface area contributed by atoms with Crippen molar-refractivity contribution < 1.29 is 29.3 Å². The van der Waals surface area contributed by atoms with Gasteiger partial charge in [0.1, 0.15) is 0 Å². The smallest absolute Gasteiger partial charge is 0.332 e. The normalized spacial score (nSPS) is 13.1. The van der Waals surface area contributed by atoms with Crippen LogP contribution in [0.4, 0.5) is 0 Å². The average molecular weight is 297 g/mol. The maximum absolute atomic E-state index is 11.4. The summed E-state index contributed by atoms with van der Waals surface area (Å²) in [6, 6.07) is 4.89. The topological polar surface area (TPSA) is 105 Å². The van der Waals surface area contributed by atoms with Crippen LogP contribution >= 0.6 is 0 Å². The van der Waals surface area contributed by atoms with Gasteiger partial charge in [-0.15, -0.1) is 0 Å². The van der Waals surface area contributed by atoms with E-state index >= 15 is 0 Å². The molecule has 0 aliphatic rings. The molecule has 0 aliphatic carbocycles. The third kappa shape index (κ3) is 3.85. The molecule has 0 aliphatic heterocycles. The molecule has 21 heavy (non-hydrogen) atoms. The molecule has 1 rings (SSSR count). The fourth-order valence-corrected chi connectivity index (χ4v) is 2.01.